The van der Waals surface area contributed by atoms with Gasteiger partial charge in [-0.15, -0.1) is 0 Å². The summed E-state index contributed by atoms with van der Waals surface area (Å²) in [6.45, 7) is 5.32. The predicted molar refractivity (Wildman–Crippen MR) is 118 cm³/mol. The van der Waals surface area contributed by atoms with E-state index in [1.165, 1.54) is 0 Å². The van der Waals surface area contributed by atoms with Crippen LogP contribution in [0.4, 0.5) is 0 Å². The van der Waals surface area contributed by atoms with Crippen molar-refractivity contribution in [1.29, 1.82) is 0 Å². The number of pyridine rings is 2. The Hall–Kier alpha value is -3.08. The number of nitrogens with zero attached hydrogens (tertiary/aromatic N) is 3. The summed E-state index contributed by atoms with van der Waals surface area (Å²) in [5.41, 5.74) is 3.20. The number of para-hydroxylation sites is 1. The lowest BCUT2D eigenvalue weighted by atomic mass is 9.89. The van der Waals surface area contributed by atoms with Crippen LogP contribution in [0.25, 0.3) is 22.2 Å². The van der Waals surface area contributed by atoms with Crippen molar-refractivity contribution >= 4 is 22.6 Å². The number of carbonyl (C=O) groups is 2. The van der Waals surface area contributed by atoms with E-state index in [-0.39, 0.29) is 17.6 Å². The molecule has 3 heterocycles. The van der Waals surface area contributed by atoms with Gasteiger partial charge in [0.1, 0.15) is 5.78 Å². The first-order chi connectivity index (χ1) is 14.5. The van der Waals surface area contributed by atoms with Crippen molar-refractivity contribution in [3.8, 4) is 11.3 Å². The highest BCUT2D eigenvalue weighted by molar-refractivity contribution is 5.96. The lowest BCUT2D eigenvalue weighted by Gasteiger charge is -2.32. The maximum Gasteiger partial charge on any atom is 0.255 e. The second-order valence-electron chi connectivity index (χ2n) is 8.47. The standard InChI is InChI=1S/C25H27N3O2/c1-17(2)14-23(29)20-8-5-13-28(16-20)25(30)19-10-11-22(27-15-19)21-9-3-6-18-7-4-12-26-24(18)21/h3-4,6-7,9-12,15,17,20H,5,8,13-14,16H2,1-2H3/t20-/m0/s1. The molecule has 1 saturated heterocycles. The Kier molecular flexibility index (Phi) is 5.88. The first kappa shape index (κ1) is 20.2. The van der Waals surface area contributed by atoms with Gasteiger partial charge in [-0.05, 0) is 37.0 Å². The van der Waals surface area contributed by atoms with Gasteiger partial charge in [-0.2, -0.15) is 0 Å². The highest BCUT2D eigenvalue weighted by Crippen LogP contribution is 2.26. The van der Waals surface area contributed by atoms with Crippen molar-refractivity contribution in [2.75, 3.05) is 13.1 Å². The lowest BCUT2D eigenvalue weighted by molar-refractivity contribution is -0.124. The summed E-state index contributed by atoms with van der Waals surface area (Å²) in [6, 6.07) is 13.7. The minimum absolute atomic E-state index is 0.0425. The highest BCUT2D eigenvalue weighted by Gasteiger charge is 2.29. The molecule has 1 amide bonds. The molecule has 3 aromatic rings. The van der Waals surface area contributed by atoms with Crippen LogP contribution < -0.4 is 0 Å². The van der Waals surface area contributed by atoms with E-state index >= 15 is 0 Å². The van der Waals surface area contributed by atoms with Crippen LogP contribution in [0.5, 0.6) is 0 Å². The van der Waals surface area contributed by atoms with E-state index in [0.29, 0.717) is 31.0 Å². The summed E-state index contributed by atoms with van der Waals surface area (Å²) in [7, 11) is 0. The van der Waals surface area contributed by atoms with E-state index in [9.17, 15) is 9.59 Å². The average Bonchev–Trinajstić information content (AvgIpc) is 2.78. The average molecular weight is 402 g/mol. The smallest absolute Gasteiger partial charge is 0.255 e. The van der Waals surface area contributed by atoms with Gasteiger partial charge >= 0.3 is 0 Å². The Morgan fingerprint density at radius 1 is 1.10 bits per heavy atom. The molecule has 30 heavy (non-hydrogen) atoms. The number of piperidine rings is 1. The van der Waals surface area contributed by atoms with Crippen LogP contribution in [-0.4, -0.2) is 39.6 Å². The zero-order valence-corrected chi connectivity index (χ0v) is 17.5. The Morgan fingerprint density at radius 3 is 2.70 bits per heavy atom. The monoisotopic (exact) mass is 401 g/mol. The molecule has 154 valence electrons. The minimum Gasteiger partial charge on any atom is -0.338 e. The van der Waals surface area contributed by atoms with Crippen LogP contribution in [0.15, 0.2) is 54.9 Å². The van der Waals surface area contributed by atoms with Gasteiger partial charge < -0.3 is 4.90 Å². The van der Waals surface area contributed by atoms with Crippen molar-refractivity contribution in [2.24, 2.45) is 11.8 Å². The van der Waals surface area contributed by atoms with Crippen LogP contribution in [0.1, 0.15) is 43.5 Å². The van der Waals surface area contributed by atoms with E-state index in [2.05, 4.69) is 23.8 Å². The normalized spacial score (nSPS) is 16.8. The largest absolute Gasteiger partial charge is 0.338 e. The van der Waals surface area contributed by atoms with Crippen LogP contribution in [-0.2, 0) is 4.79 Å². The maximum atomic E-state index is 13.0. The van der Waals surface area contributed by atoms with Gasteiger partial charge in [-0.3, -0.25) is 19.6 Å². The number of carbonyl (C=O) groups excluding carboxylic acids is 2. The van der Waals surface area contributed by atoms with Gasteiger partial charge in [0, 0.05) is 48.8 Å². The van der Waals surface area contributed by atoms with Crippen LogP contribution in [0, 0.1) is 11.8 Å². The molecule has 5 nitrogen and oxygen atoms in total. The molecular weight excluding hydrogens is 374 g/mol. The molecule has 0 unspecified atom stereocenters. The van der Waals surface area contributed by atoms with Gasteiger partial charge in [0.15, 0.2) is 0 Å². The minimum atomic E-state index is -0.0489. The zero-order valence-electron chi connectivity index (χ0n) is 17.5. The topological polar surface area (TPSA) is 63.2 Å². The summed E-state index contributed by atoms with van der Waals surface area (Å²) in [6.07, 6.45) is 5.74. The van der Waals surface area contributed by atoms with Crippen LogP contribution in [0.2, 0.25) is 0 Å². The molecule has 0 spiro atoms. The third-order valence-electron chi connectivity index (χ3n) is 5.69. The number of hydrogen-bond donors (Lipinski definition) is 0. The van der Waals surface area contributed by atoms with Crippen molar-refractivity contribution in [1.82, 2.24) is 14.9 Å². The molecule has 4 rings (SSSR count). The number of benzene rings is 1. The predicted octanol–water partition coefficient (Wildman–Crippen LogP) is 4.76. The van der Waals surface area contributed by atoms with E-state index in [1.807, 2.05) is 47.4 Å². The Morgan fingerprint density at radius 2 is 1.93 bits per heavy atom. The quantitative estimate of drug-likeness (QED) is 0.618. The molecule has 0 radical (unpaired) electrons. The molecule has 1 aliphatic rings. The van der Waals surface area contributed by atoms with E-state index < -0.39 is 0 Å². The highest BCUT2D eigenvalue weighted by atomic mass is 16.2. The first-order valence-corrected chi connectivity index (χ1v) is 10.6. The van der Waals surface area contributed by atoms with Crippen LogP contribution >= 0.6 is 0 Å². The molecular formula is C25H27N3O2. The number of hydrogen-bond acceptors (Lipinski definition) is 4. The zero-order chi connectivity index (χ0) is 21.1. The Labute approximate surface area is 177 Å². The van der Waals surface area contributed by atoms with Crippen molar-refractivity contribution in [3.63, 3.8) is 0 Å². The molecule has 2 aromatic heterocycles. The molecule has 0 N–H and O–H groups in total. The van der Waals surface area contributed by atoms with Gasteiger partial charge in [0.25, 0.3) is 5.91 Å². The van der Waals surface area contributed by atoms with Crippen molar-refractivity contribution < 1.29 is 9.59 Å². The number of fused-ring (bicyclic) bond motifs is 1. The van der Waals surface area contributed by atoms with Gasteiger partial charge in [-0.25, -0.2) is 0 Å². The molecule has 0 saturated carbocycles. The number of ketones is 1. The summed E-state index contributed by atoms with van der Waals surface area (Å²) >= 11 is 0. The van der Waals surface area contributed by atoms with E-state index in [0.717, 1.165) is 35.0 Å². The first-order valence-electron chi connectivity index (χ1n) is 10.6. The van der Waals surface area contributed by atoms with Crippen LogP contribution in [0.3, 0.4) is 0 Å². The molecule has 0 aliphatic carbocycles. The van der Waals surface area contributed by atoms with Gasteiger partial charge in [0.2, 0.25) is 0 Å². The fourth-order valence-corrected chi connectivity index (χ4v) is 4.17. The summed E-state index contributed by atoms with van der Waals surface area (Å²) in [4.78, 5) is 36.3. The summed E-state index contributed by atoms with van der Waals surface area (Å²) < 4.78 is 0. The lowest BCUT2D eigenvalue weighted by Crippen LogP contribution is -2.42. The molecule has 0 bridgehead atoms. The second-order valence-corrected chi connectivity index (χ2v) is 8.47. The van der Waals surface area contributed by atoms with Gasteiger partial charge in [-0.1, -0.05) is 38.1 Å². The number of amides is 1. The summed E-state index contributed by atoms with van der Waals surface area (Å²) in [5, 5.41) is 1.06. The third-order valence-corrected chi connectivity index (χ3v) is 5.69. The number of Topliss-reactive ketones (excluding diaryl/α,β-unsaturated/α-hetero) is 1. The second kappa shape index (κ2) is 8.74. The number of aromatic nitrogens is 2. The SMILES string of the molecule is CC(C)CC(=O)[C@H]1CCCN(C(=O)c2ccc(-c3cccc4cccnc34)nc2)C1. The Balaban J connectivity index is 1.51. The van der Waals surface area contributed by atoms with Gasteiger partial charge in [0.05, 0.1) is 16.8 Å². The number of rotatable bonds is 5. The maximum absolute atomic E-state index is 13.0. The van der Waals surface area contributed by atoms with Crippen molar-refractivity contribution in [3.05, 3.63) is 60.4 Å². The van der Waals surface area contributed by atoms with E-state index in [4.69, 9.17) is 0 Å². The molecule has 1 aromatic carbocycles. The Bertz CT molecular complexity index is 1050. The fourth-order valence-electron chi connectivity index (χ4n) is 4.17. The summed E-state index contributed by atoms with van der Waals surface area (Å²) in [5.74, 6) is 0.537. The fraction of sp³-hybridized carbons (Fsp3) is 0.360. The number of likely N-dealkylation sites (tertiary alicyclic amines) is 1. The molecule has 1 aliphatic heterocycles. The molecule has 1 atom stereocenters. The third kappa shape index (κ3) is 4.25. The molecule has 1 fully saturated rings. The van der Waals surface area contributed by atoms with E-state index in [1.54, 1.807) is 12.4 Å². The molecule has 5 heteroatoms. The van der Waals surface area contributed by atoms with Crippen molar-refractivity contribution in [2.45, 2.75) is 33.1 Å².